The average molecular weight is 1060 g/mol. The number of anilines is 1. The number of aliphatic hydroxyl groups excluding tert-OH is 2. The quantitative estimate of drug-likeness (QED) is 0.0322. The summed E-state index contributed by atoms with van der Waals surface area (Å²) in [5.41, 5.74) is 6.83. The minimum absolute atomic E-state index is 0.0315. The molecule has 0 spiro atoms. The van der Waals surface area contributed by atoms with E-state index in [-0.39, 0.29) is 41.6 Å². The predicted octanol–water partition coefficient (Wildman–Crippen LogP) is 4.19. The number of unbranched alkanes of at least 4 members (excludes halogenated alkanes) is 7. The monoisotopic (exact) mass is 1060 g/mol. The van der Waals surface area contributed by atoms with Crippen LogP contribution in [0.25, 0.3) is 11.2 Å². The fraction of sp³-hybridized carbons (Fsp3) is 0.700. The molecule has 390 valence electrons. The lowest BCUT2D eigenvalue weighted by Gasteiger charge is -2.30. The highest BCUT2D eigenvalue weighted by molar-refractivity contribution is 8.13. The predicted molar refractivity (Wildman–Crippen MR) is 250 cm³/mol. The van der Waals surface area contributed by atoms with E-state index in [1.54, 1.807) is 0 Å². The number of aliphatic hydroxyl groups is 2. The summed E-state index contributed by atoms with van der Waals surface area (Å²) in [4.78, 5) is 88.5. The number of ether oxygens (including phenoxy) is 1. The van der Waals surface area contributed by atoms with Gasteiger partial charge in [-0.2, -0.15) is 4.31 Å². The van der Waals surface area contributed by atoms with Crippen molar-refractivity contribution in [2.75, 3.05) is 37.8 Å². The molecule has 0 bridgehead atoms. The van der Waals surface area contributed by atoms with Crippen LogP contribution in [0.2, 0.25) is 0 Å². The number of furan rings is 1. The number of nitrogens with two attached hydrogens (primary N) is 1. The van der Waals surface area contributed by atoms with Crippen molar-refractivity contribution >= 4 is 69.1 Å². The molecular weight excluding hydrogens is 991 g/mol. The van der Waals surface area contributed by atoms with Crippen LogP contribution >= 0.6 is 35.2 Å². The third kappa shape index (κ3) is 18.4. The van der Waals surface area contributed by atoms with Crippen LogP contribution in [-0.2, 0) is 63.5 Å². The Balaban J connectivity index is 1.07. The highest BCUT2D eigenvalue weighted by Gasteiger charge is 2.50. The Morgan fingerprint density at radius 3 is 2.19 bits per heavy atom. The Hall–Kier alpha value is -3.16. The van der Waals surface area contributed by atoms with Gasteiger partial charge in [0.25, 0.3) is 0 Å². The van der Waals surface area contributed by atoms with Crippen molar-refractivity contribution in [3.8, 4) is 0 Å². The lowest BCUT2D eigenvalue weighted by atomic mass is 9.87. The summed E-state index contributed by atoms with van der Waals surface area (Å²) in [5.74, 6) is 1.16. The maximum atomic E-state index is 12.8. The normalized spacial score (nSPS) is 19.9. The van der Waals surface area contributed by atoms with Gasteiger partial charge in [-0.3, -0.25) is 32.5 Å². The summed E-state index contributed by atoms with van der Waals surface area (Å²) in [6, 6.07) is 0. The van der Waals surface area contributed by atoms with Crippen LogP contribution in [0.15, 0.2) is 17.1 Å². The number of fused-ring (bicyclic) bond motifs is 1. The highest BCUT2D eigenvalue weighted by atomic mass is 32.2. The zero-order chi connectivity index (χ0) is 51.2. The van der Waals surface area contributed by atoms with Gasteiger partial charge in [0, 0.05) is 49.9 Å². The first-order valence-electron chi connectivity index (χ1n) is 22.5. The molecule has 0 aliphatic carbocycles. The largest absolute Gasteiger partial charge is 0.481 e. The van der Waals surface area contributed by atoms with Gasteiger partial charge < -0.3 is 55.3 Å². The van der Waals surface area contributed by atoms with Gasteiger partial charge in [0.05, 0.1) is 19.5 Å². The zero-order valence-corrected chi connectivity index (χ0v) is 42.8. The van der Waals surface area contributed by atoms with Gasteiger partial charge in [-0.1, -0.05) is 71.1 Å². The molecule has 0 saturated carbocycles. The number of thioether (sulfide) groups is 1. The van der Waals surface area contributed by atoms with Gasteiger partial charge in [0.2, 0.25) is 11.8 Å². The summed E-state index contributed by atoms with van der Waals surface area (Å²) >= 11 is 1.14. The van der Waals surface area contributed by atoms with E-state index in [1.165, 1.54) is 44.2 Å². The molecule has 7 unspecified atom stereocenters. The number of carbonyl (C=O) groups excluding carboxylic acids is 3. The number of hydrogen-bond acceptors (Lipinski definition) is 19. The van der Waals surface area contributed by atoms with E-state index < -0.39 is 84.6 Å². The molecule has 3 aromatic rings. The summed E-state index contributed by atoms with van der Waals surface area (Å²) in [6.45, 7) is 6.91. The number of amides is 2. The number of aromatic nitrogens is 4. The molecule has 4 rings (SSSR count). The molecule has 0 radical (unpaired) electrons. The van der Waals surface area contributed by atoms with Crippen LogP contribution in [0.4, 0.5) is 5.82 Å². The number of imidazole rings is 1. The van der Waals surface area contributed by atoms with Crippen molar-refractivity contribution in [3.05, 3.63) is 35.3 Å². The SMILES string of the molecule is CCc1oc(CCCCCCCCCCC(=O)SCCNC(=O)CCNC(=O)C(O)C(C)(C)COP(=O)(O)OP(=O)(O)OCC2OC(n3cnc4c(N)ncnc43)C(O)C2OP(=O)(O)O)c(C)c1C. The van der Waals surface area contributed by atoms with Gasteiger partial charge in [0.1, 0.15) is 47.8 Å². The Morgan fingerprint density at radius 1 is 0.899 bits per heavy atom. The number of rotatable bonds is 31. The molecule has 29 heteroatoms. The first-order chi connectivity index (χ1) is 32.3. The number of phosphoric acid groups is 3. The molecule has 69 heavy (non-hydrogen) atoms. The Morgan fingerprint density at radius 2 is 1.54 bits per heavy atom. The smallest absolute Gasteiger partial charge is 0.466 e. The third-order valence-corrected chi connectivity index (χ3v) is 15.3. The first-order valence-corrected chi connectivity index (χ1v) is 28.0. The van der Waals surface area contributed by atoms with E-state index in [0.29, 0.717) is 12.2 Å². The molecule has 3 aromatic heterocycles. The van der Waals surface area contributed by atoms with Crippen LogP contribution in [0, 0.1) is 19.3 Å². The van der Waals surface area contributed by atoms with Crippen LogP contribution in [0.1, 0.15) is 114 Å². The second-order valence-electron chi connectivity index (χ2n) is 17.2. The summed E-state index contributed by atoms with van der Waals surface area (Å²) in [7, 11) is -16.4. The Kier molecular flexibility index (Phi) is 22.4. The van der Waals surface area contributed by atoms with E-state index in [9.17, 15) is 57.9 Å². The number of hydrogen-bond donors (Lipinski definition) is 9. The van der Waals surface area contributed by atoms with Crippen molar-refractivity contribution in [1.29, 1.82) is 0 Å². The van der Waals surface area contributed by atoms with Gasteiger partial charge >= 0.3 is 23.5 Å². The second kappa shape index (κ2) is 26.5. The number of nitrogens with one attached hydrogen (secondary N) is 2. The Bertz CT molecular complexity index is 2330. The van der Waals surface area contributed by atoms with E-state index in [4.69, 9.17) is 23.9 Å². The summed E-state index contributed by atoms with van der Waals surface area (Å²) < 4.78 is 68.5. The van der Waals surface area contributed by atoms with Gasteiger partial charge in [-0.05, 0) is 37.8 Å². The van der Waals surface area contributed by atoms with Gasteiger partial charge in [-0.15, -0.1) is 0 Å². The van der Waals surface area contributed by atoms with Crippen molar-refractivity contribution in [2.24, 2.45) is 5.41 Å². The first kappa shape index (κ1) is 58.4. The minimum Gasteiger partial charge on any atom is -0.466 e. The molecule has 7 atom stereocenters. The molecule has 10 N–H and O–H groups in total. The van der Waals surface area contributed by atoms with Gasteiger partial charge in [-0.25, -0.2) is 28.6 Å². The molecule has 2 amide bonds. The highest BCUT2D eigenvalue weighted by Crippen LogP contribution is 2.61. The molecule has 1 fully saturated rings. The average Bonchev–Trinajstić information content (AvgIpc) is 3.92. The number of carbonyl (C=O) groups is 3. The third-order valence-electron chi connectivity index (χ3n) is 11.3. The van der Waals surface area contributed by atoms with Gasteiger partial charge in [0.15, 0.2) is 22.8 Å². The fourth-order valence-electron chi connectivity index (χ4n) is 7.28. The number of nitrogens with zero attached hydrogens (tertiary/aromatic N) is 4. The molecule has 1 aliphatic heterocycles. The molecule has 4 heterocycles. The topological polar surface area (TPSA) is 377 Å². The van der Waals surface area contributed by atoms with Crippen molar-refractivity contribution in [2.45, 2.75) is 142 Å². The van der Waals surface area contributed by atoms with Crippen molar-refractivity contribution in [3.63, 3.8) is 0 Å². The van der Waals surface area contributed by atoms with Crippen LogP contribution in [0.3, 0.4) is 0 Å². The minimum atomic E-state index is -5.58. The second-order valence-corrected chi connectivity index (χ2v) is 22.6. The van der Waals surface area contributed by atoms with E-state index in [2.05, 4.69) is 55.2 Å². The lowest BCUT2D eigenvalue weighted by molar-refractivity contribution is -0.137. The zero-order valence-electron chi connectivity index (χ0n) is 39.3. The molecule has 0 aromatic carbocycles. The van der Waals surface area contributed by atoms with Crippen molar-refractivity contribution in [1.82, 2.24) is 30.2 Å². The van der Waals surface area contributed by atoms with Crippen LogP contribution in [0.5, 0.6) is 0 Å². The number of nitrogen functional groups attached to an aromatic ring is 1. The fourth-order valence-corrected chi connectivity index (χ4v) is 10.8. The molecule has 1 saturated heterocycles. The maximum Gasteiger partial charge on any atom is 0.481 e. The van der Waals surface area contributed by atoms with Crippen LogP contribution in [-0.4, -0.2) is 123 Å². The molecule has 25 nitrogen and oxygen atoms in total. The molecular formula is C40H66N7O18P3S. The summed E-state index contributed by atoms with van der Waals surface area (Å²) in [5, 5.41) is 26.7. The summed E-state index contributed by atoms with van der Waals surface area (Å²) in [6.07, 6.45) is 4.09. The maximum absolute atomic E-state index is 12.8. The number of aryl methyl sites for hydroxylation is 2. The van der Waals surface area contributed by atoms with E-state index >= 15 is 0 Å². The van der Waals surface area contributed by atoms with Crippen LogP contribution < -0.4 is 16.4 Å². The lowest BCUT2D eigenvalue weighted by Crippen LogP contribution is -2.46. The molecule has 1 aliphatic rings. The number of phosphoric ester groups is 3. The standard InChI is InChI=1S/C40H66N7O18P3S/c1-6-27-25(2)26(3)28(62-27)15-13-11-9-7-8-10-12-14-16-31(49)69-20-19-42-30(48)17-18-43-38(52)35(51)40(4,5)22-61-68(58,59)65-67(56,57)60-21-29-34(64-66(53,54)55)33(50)39(63-29)47-24-46-32-36(41)44-23-45-37(32)47/h23-24,29,33-35,39,50-51H,6-22H2,1-5H3,(H,42,48)(H,43,52)(H,56,57)(H,58,59)(H2,41,44,45)(H2,53,54,55). The Labute approximate surface area is 403 Å². The van der Waals surface area contributed by atoms with E-state index in [0.717, 1.165) is 85.4 Å². The van der Waals surface area contributed by atoms with E-state index in [1.807, 2.05) is 0 Å². The van der Waals surface area contributed by atoms with Crippen molar-refractivity contribution < 1.29 is 84.9 Å².